The number of amides is 1. The summed E-state index contributed by atoms with van der Waals surface area (Å²) >= 11 is 10.7. The fraction of sp³-hybridized carbons (Fsp3) is 0.125. The number of nitrogens with one attached hydrogen (secondary N) is 2. The zero-order valence-corrected chi connectivity index (χ0v) is 13.8. The fourth-order valence-electron chi connectivity index (χ4n) is 1.81. The summed E-state index contributed by atoms with van der Waals surface area (Å²) in [6.45, 7) is 2.37. The molecule has 2 aromatic rings. The fourth-order valence-corrected chi connectivity index (χ4v) is 2.20. The van der Waals surface area contributed by atoms with Crippen molar-refractivity contribution in [2.24, 2.45) is 0 Å². The number of carbonyl (C=O) groups is 1. The molecule has 2 aromatic carbocycles. The van der Waals surface area contributed by atoms with Gasteiger partial charge in [-0.2, -0.15) is 0 Å². The van der Waals surface area contributed by atoms with Crippen LogP contribution in [-0.4, -0.2) is 17.6 Å². The number of hydrogen-bond donors (Lipinski definition) is 2. The van der Waals surface area contributed by atoms with Gasteiger partial charge in [-0.05, 0) is 55.5 Å². The summed E-state index contributed by atoms with van der Waals surface area (Å²) in [4.78, 5) is 12.1. The summed E-state index contributed by atoms with van der Waals surface area (Å²) in [5, 5.41) is 5.35. The lowest BCUT2D eigenvalue weighted by molar-refractivity contribution is 0.0977. The van der Waals surface area contributed by atoms with Gasteiger partial charge in [0.25, 0.3) is 5.91 Å². The van der Waals surface area contributed by atoms with E-state index in [4.69, 9.17) is 28.6 Å². The second-order valence-corrected chi connectivity index (χ2v) is 5.31. The van der Waals surface area contributed by atoms with Crippen LogP contribution in [0.2, 0.25) is 5.02 Å². The Morgan fingerprint density at radius 3 is 2.78 bits per heavy atom. The second-order valence-electron chi connectivity index (χ2n) is 4.50. The molecule has 23 heavy (non-hydrogen) atoms. The summed E-state index contributed by atoms with van der Waals surface area (Å²) in [5.74, 6) is -0.304. The molecule has 2 N–H and O–H groups in total. The molecule has 0 bridgehead atoms. The Labute approximate surface area is 143 Å². The molecule has 4 nitrogen and oxygen atoms in total. The molecule has 0 atom stereocenters. The minimum absolute atomic E-state index is 0.0338. The molecule has 0 radical (unpaired) electrons. The Bertz CT molecular complexity index is 740. The first-order valence-electron chi connectivity index (χ1n) is 6.80. The third-order valence-electron chi connectivity index (χ3n) is 2.81. The van der Waals surface area contributed by atoms with Crippen LogP contribution in [0.5, 0.6) is 5.75 Å². The highest BCUT2D eigenvalue weighted by Crippen LogP contribution is 2.19. The average molecular weight is 353 g/mol. The molecule has 120 valence electrons. The van der Waals surface area contributed by atoms with Crippen LogP contribution in [0, 0.1) is 5.82 Å². The molecule has 0 aliphatic rings. The smallest absolute Gasteiger partial charge is 0.257 e. The van der Waals surface area contributed by atoms with Crippen molar-refractivity contribution >= 4 is 40.5 Å². The van der Waals surface area contributed by atoms with Crippen molar-refractivity contribution in [3.05, 3.63) is 58.9 Å². The monoisotopic (exact) mass is 352 g/mol. The van der Waals surface area contributed by atoms with Gasteiger partial charge < -0.3 is 10.1 Å². The zero-order chi connectivity index (χ0) is 16.8. The lowest BCUT2D eigenvalue weighted by atomic mass is 10.2. The van der Waals surface area contributed by atoms with E-state index in [0.717, 1.165) is 0 Å². The summed E-state index contributed by atoms with van der Waals surface area (Å²) in [6, 6.07) is 10.8. The SMILES string of the molecule is CCOc1cccc(C(=O)NC(=S)Nc2ccc(F)c(Cl)c2)c1. The van der Waals surface area contributed by atoms with E-state index in [9.17, 15) is 9.18 Å². The first-order valence-corrected chi connectivity index (χ1v) is 7.58. The minimum Gasteiger partial charge on any atom is -0.494 e. The van der Waals surface area contributed by atoms with E-state index in [1.54, 1.807) is 24.3 Å². The molecule has 0 spiro atoms. The van der Waals surface area contributed by atoms with Gasteiger partial charge in [0.2, 0.25) is 0 Å². The number of halogens is 2. The van der Waals surface area contributed by atoms with Gasteiger partial charge in [0.1, 0.15) is 11.6 Å². The molecule has 0 heterocycles. The number of rotatable bonds is 4. The van der Waals surface area contributed by atoms with E-state index in [0.29, 0.717) is 23.6 Å². The van der Waals surface area contributed by atoms with Gasteiger partial charge in [-0.25, -0.2) is 4.39 Å². The van der Waals surface area contributed by atoms with Crippen molar-refractivity contribution in [2.45, 2.75) is 6.92 Å². The maximum Gasteiger partial charge on any atom is 0.257 e. The maximum atomic E-state index is 13.1. The predicted octanol–water partition coefficient (Wildman–Crippen LogP) is 4.00. The van der Waals surface area contributed by atoms with E-state index in [2.05, 4.69) is 10.6 Å². The Morgan fingerprint density at radius 2 is 2.09 bits per heavy atom. The minimum atomic E-state index is -0.528. The number of thiocarbonyl (C=S) groups is 1. The lowest BCUT2D eigenvalue weighted by Crippen LogP contribution is -2.34. The normalized spacial score (nSPS) is 10.0. The zero-order valence-electron chi connectivity index (χ0n) is 12.2. The number of hydrogen-bond acceptors (Lipinski definition) is 3. The van der Waals surface area contributed by atoms with E-state index in [1.165, 1.54) is 18.2 Å². The molecule has 0 saturated carbocycles. The van der Waals surface area contributed by atoms with Crippen LogP contribution in [0.15, 0.2) is 42.5 Å². The standard InChI is InChI=1S/C16H14ClFN2O2S/c1-2-22-12-5-3-4-10(8-12)15(21)20-16(23)19-11-6-7-14(18)13(17)9-11/h3-9H,2H2,1H3,(H2,19,20,21,23). The number of anilines is 1. The van der Waals surface area contributed by atoms with Gasteiger partial charge >= 0.3 is 0 Å². The first kappa shape index (κ1) is 17.2. The van der Waals surface area contributed by atoms with Gasteiger partial charge in [-0.1, -0.05) is 17.7 Å². The van der Waals surface area contributed by atoms with E-state index >= 15 is 0 Å². The van der Waals surface area contributed by atoms with Crippen molar-refractivity contribution in [1.82, 2.24) is 5.32 Å². The first-order chi connectivity index (χ1) is 11.0. The van der Waals surface area contributed by atoms with Crippen LogP contribution in [0.3, 0.4) is 0 Å². The van der Waals surface area contributed by atoms with E-state index in [1.807, 2.05) is 6.92 Å². The van der Waals surface area contributed by atoms with Crippen LogP contribution in [0.4, 0.5) is 10.1 Å². The third kappa shape index (κ3) is 4.91. The maximum absolute atomic E-state index is 13.1. The molecule has 0 aromatic heterocycles. The van der Waals surface area contributed by atoms with E-state index < -0.39 is 5.82 Å². The molecular formula is C16H14ClFN2O2S. The number of benzene rings is 2. The van der Waals surface area contributed by atoms with Gasteiger partial charge in [0.15, 0.2) is 5.11 Å². The summed E-state index contributed by atoms with van der Waals surface area (Å²) in [7, 11) is 0. The highest BCUT2D eigenvalue weighted by molar-refractivity contribution is 7.80. The van der Waals surface area contributed by atoms with Crippen LogP contribution in [-0.2, 0) is 0 Å². The number of ether oxygens (including phenoxy) is 1. The second kappa shape index (κ2) is 7.89. The van der Waals surface area contributed by atoms with Gasteiger partial charge in [0, 0.05) is 11.3 Å². The van der Waals surface area contributed by atoms with E-state index in [-0.39, 0.29) is 16.0 Å². The molecule has 7 heteroatoms. The average Bonchev–Trinajstić information content (AvgIpc) is 2.51. The third-order valence-corrected chi connectivity index (χ3v) is 3.31. The summed E-state index contributed by atoms with van der Waals surface area (Å²) in [5.41, 5.74) is 0.891. The van der Waals surface area contributed by atoms with Crippen LogP contribution >= 0.6 is 23.8 Å². The molecule has 2 rings (SSSR count). The molecule has 0 fully saturated rings. The molecule has 0 saturated heterocycles. The van der Waals surface area contributed by atoms with Crippen molar-refractivity contribution in [2.75, 3.05) is 11.9 Å². The molecule has 0 aliphatic carbocycles. The topological polar surface area (TPSA) is 50.4 Å². The molecule has 0 aliphatic heterocycles. The predicted molar refractivity (Wildman–Crippen MR) is 92.7 cm³/mol. The van der Waals surface area contributed by atoms with Gasteiger partial charge in [-0.3, -0.25) is 10.1 Å². The van der Waals surface area contributed by atoms with Crippen molar-refractivity contribution in [3.8, 4) is 5.75 Å². The molecule has 0 unspecified atom stereocenters. The largest absolute Gasteiger partial charge is 0.494 e. The van der Waals surface area contributed by atoms with Crippen LogP contribution in [0.1, 0.15) is 17.3 Å². The number of carbonyl (C=O) groups excluding carboxylic acids is 1. The van der Waals surface area contributed by atoms with Crippen molar-refractivity contribution in [1.29, 1.82) is 0 Å². The van der Waals surface area contributed by atoms with Gasteiger partial charge in [0.05, 0.1) is 11.6 Å². The van der Waals surface area contributed by atoms with Crippen molar-refractivity contribution < 1.29 is 13.9 Å². The Morgan fingerprint density at radius 1 is 1.30 bits per heavy atom. The Hall–Kier alpha value is -2.18. The van der Waals surface area contributed by atoms with Gasteiger partial charge in [-0.15, -0.1) is 0 Å². The molecular weight excluding hydrogens is 339 g/mol. The lowest BCUT2D eigenvalue weighted by Gasteiger charge is -2.11. The Balaban J connectivity index is 2.00. The van der Waals surface area contributed by atoms with Crippen LogP contribution < -0.4 is 15.4 Å². The highest BCUT2D eigenvalue weighted by Gasteiger charge is 2.09. The quantitative estimate of drug-likeness (QED) is 0.816. The highest BCUT2D eigenvalue weighted by atomic mass is 35.5. The van der Waals surface area contributed by atoms with Crippen molar-refractivity contribution in [3.63, 3.8) is 0 Å². The summed E-state index contributed by atoms with van der Waals surface area (Å²) < 4.78 is 18.4. The van der Waals surface area contributed by atoms with Crippen LogP contribution in [0.25, 0.3) is 0 Å². The molecule has 1 amide bonds. The summed E-state index contributed by atoms with van der Waals surface area (Å²) in [6.07, 6.45) is 0. The Kier molecular flexibility index (Phi) is 5.90.